The van der Waals surface area contributed by atoms with Gasteiger partial charge in [-0.15, -0.1) is 0 Å². The number of aromatic nitrogens is 5. The van der Waals surface area contributed by atoms with Gasteiger partial charge in [-0.2, -0.15) is 27.7 Å². The molecule has 0 atom stereocenters. The van der Waals surface area contributed by atoms with E-state index in [-0.39, 0.29) is 61.3 Å². The summed E-state index contributed by atoms with van der Waals surface area (Å²) >= 11 is 0. The summed E-state index contributed by atoms with van der Waals surface area (Å²) in [6, 6.07) is 28.5. The van der Waals surface area contributed by atoms with Gasteiger partial charge in [-0.25, -0.2) is 0 Å². The molecule has 0 aromatic carbocycles. The van der Waals surface area contributed by atoms with Crippen LogP contribution in [0.3, 0.4) is 0 Å². The summed E-state index contributed by atoms with van der Waals surface area (Å²) in [5, 5.41) is 14.8. The first-order chi connectivity index (χ1) is 52.0. The predicted octanol–water partition coefficient (Wildman–Crippen LogP) is 17.2. The molecule has 0 amide bonds. The van der Waals surface area contributed by atoms with Crippen LogP contribution in [0.2, 0.25) is 0 Å². The fourth-order valence-corrected chi connectivity index (χ4v) is 13.2. The van der Waals surface area contributed by atoms with E-state index in [2.05, 4.69) is 86.4 Å². The number of aldehydes is 1. The Morgan fingerprint density at radius 1 is 0.373 bits per heavy atom. The summed E-state index contributed by atoms with van der Waals surface area (Å²) in [5.74, 6) is 13.3. The zero-order valence-electron chi connectivity index (χ0n) is 67.8. The summed E-state index contributed by atoms with van der Waals surface area (Å²) in [5.41, 5.74) is 14.5. The van der Waals surface area contributed by atoms with E-state index in [1.807, 2.05) is 97.7 Å². The molecule has 0 aliphatic heterocycles. The average Bonchev–Trinajstić information content (AvgIpc) is 0.719. The zero-order chi connectivity index (χ0) is 79.9. The van der Waals surface area contributed by atoms with Gasteiger partial charge in [-0.05, 0) is 241 Å². The third-order valence-corrected chi connectivity index (χ3v) is 18.5. The number of carbonyl (C=O) groups is 3. The minimum atomic E-state index is -0.833. The Bertz CT molecular complexity index is 2630. The van der Waals surface area contributed by atoms with Gasteiger partial charge in [0.15, 0.2) is 6.29 Å². The Kier molecular flexibility index (Phi) is 80.9. The van der Waals surface area contributed by atoms with Crippen LogP contribution in [0.5, 0.6) is 0 Å². The Balaban J connectivity index is -0.000000363. The molecule has 23 heteroatoms. The van der Waals surface area contributed by atoms with E-state index < -0.39 is 11.9 Å². The van der Waals surface area contributed by atoms with Crippen molar-refractivity contribution in [2.75, 3.05) is 39.3 Å². The second-order valence-electron chi connectivity index (χ2n) is 26.8. The molecule has 9 aliphatic rings. The zero-order valence-corrected chi connectivity index (χ0v) is 72.5. The first-order valence-corrected chi connectivity index (χ1v) is 38.9. The van der Waals surface area contributed by atoms with Crippen molar-refractivity contribution < 1.29 is 105 Å². The molecule has 5 aromatic heterocycles. The maximum atomic E-state index is 9.94. The van der Waals surface area contributed by atoms with Crippen molar-refractivity contribution in [2.24, 2.45) is 102 Å². The topological polar surface area (TPSA) is 326 Å². The van der Waals surface area contributed by atoms with Crippen molar-refractivity contribution in [1.29, 1.82) is 0 Å². The number of carboxylic acids is 2. The molecule has 6 N–H and O–H groups in total. The monoisotopic (exact) mass is 1790 g/mol. The molecule has 0 spiro atoms. The van der Waals surface area contributed by atoms with Crippen molar-refractivity contribution in [3.05, 3.63) is 150 Å². The van der Waals surface area contributed by atoms with E-state index in [0.29, 0.717) is 5.69 Å². The molecular weight excluding hydrogens is 1660 g/mol. The molecule has 620 valence electrons. The molecule has 14 rings (SSSR count). The molecular formula is C87H133N11O9Pd3. The van der Waals surface area contributed by atoms with Crippen LogP contribution in [0.4, 0.5) is 0 Å². The molecule has 9 saturated carbocycles. The quantitative estimate of drug-likeness (QED) is 0.0174. The molecule has 0 bridgehead atoms. The van der Waals surface area contributed by atoms with Crippen LogP contribution in [0.1, 0.15) is 251 Å². The number of nitrogens with two attached hydrogens (primary N) is 2. The number of aliphatic carboxylic acids is 2. The average molecular weight is 1800 g/mol. The number of carbonyl (C=O) groups excluding carboxylic acids is 5. The second kappa shape index (κ2) is 79.3. The van der Waals surface area contributed by atoms with Gasteiger partial charge >= 0.3 is 40.8 Å². The molecule has 0 unspecified atom stereocenters. The third kappa shape index (κ3) is 55.9. The van der Waals surface area contributed by atoms with Gasteiger partial charge in [-0.1, -0.05) is 110 Å². The molecule has 5 aromatic rings. The number of nitrogens with zero attached hydrogens (tertiary/aromatic N) is 9. The van der Waals surface area contributed by atoms with Crippen LogP contribution in [-0.4, -0.2) is 143 Å². The maximum absolute atomic E-state index is 9.94. The maximum Gasteiger partial charge on any atom is 2.00 e. The van der Waals surface area contributed by atoms with Gasteiger partial charge in [0.1, 0.15) is 5.69 Å². The minimum Gasteiger partial charge on any atom is -0.542 e. The van der Waals surface area contributed by atoms with E-state index in [0.717, 1.165) is 108 Å². The molecule has 0 saturated heterocycles. The van der Waals surface area contributed by atoms with Crippen LogP contribution in [0, 0.1) is 71.0 Å². The first kappa shape index (κ1) is 112. The van der Waals surface area contributed by atoms with Gasteiger partial charge in [-0.3, -0.25) is 84.4 Å². The number of unbranched alkanes of at least 4 members (excludes halogenated alkanes) is 6. The number of hydrogen-bond donors (Lipinski definition) is 4. The van der Waals surface area contributed by atoms with E-state index in [1.54, 1.807) is 107 Å². The normalized spacial score (nSPS) is 20.7. The van der Waals surface area contributed by atoms with E-state index in [1.165, 1.54) is 175 Å². The third-order valence-electron chi connectivity index (χ3n) is 18.5. The largest absolute Gasteiger partial charge is 2.00 e. The van der Waals surface area contributed by atoms with Crippen molar-refractivity contribution in [3.63, 3.8) is 0 Å². The molecule has 5 heterocycles. The van der Waals surface area contributed by atoms with Crippen LogP contribution in [0.25, 0.3) is 0 Å². The van der Waals surface area contributed by atoms with Gasteiger partial charge in [0.2, 0.25) is 0 Å². The number of rotatable bonds is 21. The number of carboxylic acid groups (broad SMARTS) is 2. The molecule has 9 aliphatic carbocycles. The van der Waals surface area contributed by atoms with Crippen LogP contribution in [0.15, 0.2) is 142 Å². The van der Waals surface area contributed by atoms with Gasteiger partial charge < -0.3 is 40.9 Å². The summed E-state index contributed by atoms with van der Waals surface area (Å²) < 4.78 is 0. The fourth-order valence-electron chi connectivity index (χ4n) is 13.2. The SMILES string of the molecule is C1C2CC3CC1C23.C1C2CC3CC1C23.C1C2CC3CC1C23.CC(=O)O.CC(=O)O.CCCCN.CCCCN.CCCCN=Cc1ccccn1.CCCCN=Cc1ccccn1.CCCCN=Cc1ccccn1.CCCCN=Cc1ccccn1.C[C-]=O.C[C-]=O.C[C-]=O.C[C-]=O.O=Cc1ccccn1.[Pd+2].[Pd+2].[Pd]. The molecule has 9 fully saturated rings. The predicted molar refractivity (Wildman–Crippen MR) is 439 cm³/mol. The smallest absolute Gasteiger partial charge is 0.542 e. The Morgan fingerprint density at radius 2 is 0.536 bits per heavy atom. The standard InChI is InChI=1S/4C10H14N2.3C7H10.C6H5NO.2C4H11N.2C2H4O2.4C2H3O.3Pd/c4*1-2-3-7-11-9-10-6-4-5-8-12-10;3*1-4-2-6-3-5(1)7(4)6;8-5-6-3-1-2-4-7-6;2*1-2-3-4-5;2*1-2(3)4;4*1-2-3;;;/h4*4-6,8-9H,2-3,7H2,1H3;3*4-7H,1-3H2;1-5H;2*2-5H2,1H3;2*1H3,(H,3,4);4*1H3;;;/q;;;;;;;;;;;;4*-1;;2*+2. The second-order valence-corrected chi connectivity index (χ2v) is 26.8. The molecule has 20 nitrogen and oxygen atoms in total. The summed E-state index contributed by atoms with van der Waals surface area (Å²) in [6.07, 6.45) is 51.4. The summed E-state index contributed by atoms with van der Waals surface area (Å²) in [4.78, 5) is 99.9. The minimum absolute atomic E-state index is 0. The van der Waals surface area contributed by atoms with Crippen LogP contribution >= 0.6 is 0 Å². The van der Waals surface area contributed by atoms with Gasteiger partial charge in [0.05, 0.1) is 22.8 Å². The Labute approximate surface area is 703 Å². The number of hydrogen-bond acceptors (Lipinski definition) is 18. The number of pyridine rings is 5. The number of aliphatic imine (C=N–C) groups is 4. The van der Waals surface area contributed by atoms with Crippen molar-refractivity contribution in [1.82, 2.24) is 24.9 Å². The van der Waals surface area contributed by atoms with Gasteiger partial charge in [0, 0.05) is 116 Å². The van der Waals surface area contributed by atoms with Crippen molar-refractivity contribution in [3.8, 4) is 0 Å². The Morgan fingerprint density at radius 3 is 0.618 bits per heavy atom. The van der Waals surface area contributed by atoms with Crippen LogP contribution in [-0.2, 0) is 90.0 Å². The van der Waals surface area contributed by atoms with Gasteiger partial charge in [0.25, 0.3) is 11.9 Å². The van der Waals surface area contributed by atoms with E-state index in [9.17, 15) is 4.79 Å². The van der Waals surface area contributed by atoms with Crippen molar-refractivity contribution in [2.45, 2.75) is 218 Å². The summed E-state index contributed by atoms with van der Waals surface area (Å²) in [6.45, 7) is 25.7. The van der Waals surface area contributed by atoms with Crippen molar-refractivity contribution >= 4 is 68.2 Å². The molecule has 110 heavy (non-hydrogen) atoms. The Hall–Kier alpha value is -6.37. The van der Waals surface area contributed by atoms with E-state index >= 15 is 0 Å². The summed E-state index contributed by atoms with van der Waals surface area (Å²) in [7, 11) is 0. The first-order valence-electron chi connectivity index (χ1n) is 38.9. The van der Waals surface area contributed by atoms with E-state index in [4.69, 9.17) is 50.4 Å². The fraction of sp³-hybridized carbons (Fsp3) is 0.586. The molecule has 0 radical (unpaired) electrons. The van der Waals surface area contributed by atoms with Crippen LogP contribution < -0.4 is 11.5 Å².